The van der Waals surface area contributed by atoms with Crippen LogP contribution in [-0.4, -0.2) is 9.97 Å². The molecule has 0 unspecified atom stereocenters. The molecule has 0 aliphatic carbocycles. The molecule has 88 valence electrons. The maximum absolute atomic E-state index is 11.4. The Kier molecular flexibility index (Phi) is 3.58. The number of nitrogens with zero attached hydrogens (tertiary/aromatic N) is 1. The van der Waals surface area contributed by atoms with Gasteiger partial charge in [0.15, 0.2) is 5.82 Å². The summed E-state index contributed by atoms with van der Waals surface area (Å²) in [6.07, 6.45) is 2.35. The first-order valence-corrected chi connectivity index (χ1v) is 6.09. The van der Waals surface area contributed by atoms with Crippen molar-refractivity contribution in [2.75, 3.05) is 5.32 Å². The summed E-state index contributed by atoms with van der Waals surface area (Å²) in [6, 6.07) is 8.01. The fraction of sp³-hybridized carbons (Fsp3) is 0.167. The van der Waals surface area contributed by atoms with E-state index in [9.17, 15) is 4.79 Å². The highest BCUT2D eigenvalue weighted by atomic mass is 79.9. The number of rotatable bonds is 3. The second-order valence-corrected chi connectivity index (χ2v) is 4.37. The van der Waals surface area contributed by atoms with Gasteiger partial charge in [0.25, 0.3) is 5.56 Å². The maximum Gasteiger partial charge on any atom is 0.267 e. The predicted molar refractivity (Wildman–Crippen MR) is 71.7 cm³/mol. The number of aromatic nitrogens is 2. The van der Waals surface area contributed by atoms with E-state index in [0.29, 0.717) is 10.3 Å². The monoisotopic (exact) mass is 293 g/mol. The third-order valence-corrected chi connectivity index (χ3v) is 3.13. The molecule has 0 saturated carbocycles. The van der Waals surface area contributed by atoms with Gasteiger partial charge in [0.05, 0.1) is 6.33 Å². The predicted octanol–water partition coefficient (Wildman–Crippen LogP) is 2.84. The Balaban J connectivity index is 2.31. The molecule has 17 heavy (non-hydrogen) atoms. The Morgan fingerprint density at radius 1 is 1.47 bits per heavy atom. The molecule has 1 aromatic heterocycles. The van der Waals surface area contributed by atoms with Crippen LogP contribution in [-0.2, 0) is 6.42 Å². The summed E-state index contributed by atoms with van der Waals surface area (Å²) in [4.78, 5) is 17.9. The number of aryl methyl sites for hydroxylation is 1. The van der Waals surface area contributed by atoms with Crippen molar-refractivity contribution in [1.29, 1.82) is 0 Å². The van der Waals surface area contributed by atoms with Crippen LogP contribution in [0.3, 0.4) is 0 Å². The van der Waals surface area contributed by atoms with Crippen LogP contribution in [0.2, 0.25) is 0 Å². The van der Waals surface area contributed by atoms with Crippen LogP contribution in [0.5, 0.6) is 0 Å². The van der Waals surface area contributed by atoms with Gasteiger partial charge in [0, 0.05) is 5.69 Å². The van der Waals surface area contributed by atoms with E-state index in [4.69, 9.17) is 0 Å². The molecule has 0 saturated heterocycles. The zero-order chi connectivity index (χ0) is 12.3. The van der Waals surface area contributed by atoms with E-state index in [1.54, 1.807) is 0 Å². The zero-order valence-electron chi connectivity index (χ0n) is 9.33. The molecule has 0 atom stereocenters. The van der Waals surface area contributed by atoms with Crippen molar-refractivity contribution >= 4 is 27.4 Å². The van der Waals surface area contributed by atoms with Crippen molar-refractivity contribution in [3.05, 3.63) is 51.0 Å². The second kappa shape index (κ2) is 5.14. The molecule has 0 aliphatic rings. The Morgan fingerprint density at radius 3 is 3.06 bits per heavy atom. The summed E-state index contributed by atoms with van der Waals surface area (Å²) in [5, 5.41) is 3.11. The molecule has 0 amide bonds. The van der Waals surface area contributed by atoms with Gasteiger partial charge in [-0.1, -0.05) is 19.1 Å². The van der Waals surface area contributed by atoms with Gasteiger partial charge in [-0.15, -0.1) is 0 Å². The zero-order valence-corrected chi connectivity index (χ0v) is 10.9. The van der Waals surface area contributed by atoms with Crippen molar-refractivity contribution in [3.8, 4) is 0 Å². The number of nitrogens with one attached hydrogen (secondary N) is 2. The third-order valence-electron chi connectivity index (χ3n) is 2.39. The van der Waals surface area contributed by atoms with Crippen molar-refractivity contribution in [1.82, 2.24) is 9.97 Å². The number of H-pyrrole nitrogens is 1. The molecular formula is C12H12BrN3O. The van der Waals surface area contributed by atoms with Gasteiger partial charge in [0.1, 0.15) is 4.47 Å². The smallest absolute Gasteiger partial charge is 0.267 e. The van der Waals surface area contributed by atoms with Gasteiger partial charge in [-0.25, -0.2) is 4.98 Å². The van der Waals surface area contributed by atoms with E-state index in [-0.39, 0.29) is 5.56 Å². The maximum atomic E-state index is 11.4. The summed E-state index contributed by atoms with van der Waals surface area (Å²) in [7, 11) is 0. The van der Waals surface area contributed by atoms with Gasteiger partial charge in [-0.05, 0) is 40.0 Å². The number of hydrogen-bond donors (Lipinski definition) is 2. The molecule has 4 nitrogen and oxygen atoms in total. The highest BCUT2D eigenvalue weighted by Crippen LogP contribution is 2.20. The average Bonchev–Trinajstić information content (AvgIpc) is 2.35. The molecule has 0 radical (unpaired) electrons. The van der Waals surface area contributed by atoms with E-state index in [0.717, 1.165) is 12.1 Å². The van der Waals surface area contributed by atoms with E-state index in [1.807, 2.05) is 18.2 Å². The fourth-order valence-electron chi connectivity index (χ4n) is 1.48. The van der Waals surface area contributed by atoms with E-state index >= 15 is 0 Å². The molecule has 2 N–H and O–H groups in total. The lowest BCUT2D eigenvalue weighted by Crippen LogP contribution is -2.10. The molecule has 0 fully saturated rings. The molecule has 5 heteroatoms. The van der Waals surface area contributed by atoms with Crippen LogP contribution in [0.1, 0.15) is 12.5 Å². The Morgan fingerprint density at radius 2 is 2.29 bits per heavy atom. The Labute approximate surface area is 107 Å². The lowest BCUT2D eigenvalue weighted by atomic mass is 10.1. The molecule has 1 aromatic carbocycles. The van der Waals surface area contributed by atoms with Crippen molar-refractivity contribution in [2.24, 2.45) is 0 Å². The van der Waals surface area contributed by atoms with Crippen molar-refractivity contribution < 1.29 is 0 Å². The normalized spacial score (nSPS) is 10.2. The molecule has 2 rings (SSSR count). The highest BCUT2D eigenvalue weighted by Gasteiger charge is 2.05. The van der Waals surface area contributed by atoms with Crippen LogP contribution in [0.25, 0.3) is 0 Å². The summed E-state index contributed by atoms with van der Waals surface area (Å²) in [5.41, 5.74) is 1.95. The molecule has 2 aromatic rings. The average molecular weight is 294 g/mol. The van der Waals surface area contributed by atoms with Gasteiger partial charge < -0.3 is 10.3 Å². The van der Waals surface area contributed by atoms with Gasteiger partial charge in [0.2, 0.25) is 0 Å². The van der Waals surface area contributed by atoms with Crippen LogP contribution >= 0.6 is 15.9 Å². The number of hydrogen-bond acceptors (Lipinski definition) is 3. The number of aromatic amines is 1. The number of anilines is 2. The Bertz CT molecular complexity index is 580. The summed E-state index contributed by atoms with van der Waals surface area (Å²) in [6.45, 7) is 2.10. The van der Waals surface area contributed by atoms with Gasteiger partial charge in [-0.2, -0.15) is 0 Å². The minimum absolute atomic E-state index is 0.200. The van der Waals surface area contributed by atoms with Crippen LogP contribution in [0, 0.1) is 0 Å². The third kappa shape index (κ3) is 2.74. The first kappa shape index (κ1) is 11.9. The second-order valence-electron chi connectivity index (χ2n) is 3.57. The molecule has 0 spiro atoms. The summed E-state index contributed by atoms with van der Waals surface area (Å²) < 4.78 is 0.405. The van der Waals surface area contributed by atoms with E-state index in [2.05, 4.69) is 44.2 Å². The fourth-order valence-corrected chi connectivity index (χ4v) is 1.79. The van der Waals surface area contributed by atoms with Crippen molar-refractivity contribution in [2.45, 2.75) is 13.3 Å². The van der Waals surface area contributed by atoms with E-state index < -0.39 is 0 Å². The minimum Gasteiger partial charge on any atom is -0.339 e. The standard InChI is InChI=1S/C12H12BrN3O/c1-2-8-4-3-5-9(6-8)16-11-10(13)12(17)15-7-14-11/h3-7H,2H2,1H3,(H2,14,15,16,17). The Hall–Kier alpha value is -1.62. The van der Waals surface area contributed by atoms with Gasteiger partial charge >= 0.3 is 0 Å². The molecule has 0 aliphatic heterocycles. The first-order chi connectivity index (χ1) is 8.20. The molecule has 0 bridgehead atoms. The van der Waals surface area contributed by atoms with Crippen LogP contribution < -0.4 is 10.9 Å². The first-order valence-electron chi connectivity index (χ1n) is 5.30. The quantitative estimate of drug-likeness (QED) is 0.915. The highest BCUT2D eigenvalue weighted by molar-refractivity contribution is 9.10. The van der Waals surface area contributed by atoms with E-state index in [1.165, 1.54) is 11.9 Å². The van der Waals surface area contributed by atoms with Crippen molar-refractivity contribution in [3.63, 3.8) is 0 Å². The molecular weight excluding hydrogens is 282 g/mol. The summed E-state index contributed by atoms with van der Waals surface area (Å²) in [5.74, 6) is 0.516. The van der Waals surface area contributed by atoms with Gasteiger partial charge in [-0.3, -0.25) is 4.79 Å². The number of benzene rings is 1. The summed E-state index contributed by atoms with van der Waals surface area (Å²) >= 11 is 3.20. The minimum atomic E-state index is -0.200. The van der Waals surface area contributed by atoms with Crippen LogP contribution in [0.4, 0.5) is 11.5 Å². The largest absolute Gasteiger partial charge is 0.339 e. The lowest BCUT2D eigenvalue weighted by molar-refractivity contribution is 1.10. The SMILES string of the molecule is CCc1cccc(Nc2nc[nH]c(=O)c2Br)c1. The molecule has 1 heterocycles. The lowest BCUT2D eigenvalue weighted by Gasteiger charge is -2.07. The van der Waals surface area contributed by atoms with Crippen LogP contribution in [0.15, 0.2) is 39.9 Å². The topological polar surface area (TPSA) is 57.8 Å². The number of halogens is 1.